The molecule has 0 bridgehead atoms. The standard InChI is InChI=1S/C24H28FN3O2/c1-17(2)15-22(28-16-18-7-3-4-8-19(18)23(28)29)24(30)27-13-11-26(12-14-27)21-10-6-5-9-20(21)25/h3-10,17,22H,11-16H2,1-2H3/t22-/m1/s1. The maximum Gasteiger partial charge on any atom is 0.255 e. The monoisotopic (exact) mass is 409 g/mol. The lowest BCUT2D eigenvalue weighted by atomic mass is 10.0. The predicted molar refractivity (Wildman–Crippen MR) is 115 cm³/mol. The SMILES string of the molecule is CC(C)C[C@H](C(=O)N1CCN(c2ccccc2F)CC1)N1Cc2ccccc2C1=O. The Labute approximate surface area is 177 Å². The summed E-state index contributed by atoms with van der Waals surface area (Å²) in [5.74, 6) is -0.0156. The molecule has 5 nitrogen and oxygen atoms in total. The summed E-state index contributed by atoms with van der Waals surface area (Å²) in [6.07, 6.45) is 0.631. The molecule has 0 saturated carbocycles. The Hall–Kier alpha value is -2.89. The number of rotatable bonds is 5. The van der Waals surface area contributed by atoms with Crippen LogP contribution in [0, 0.1) is 11.7 Å². The average molecular weight is 410 g/mol. The smallest absolute Gasteiger partial charge is 0.255 e. The van der Waals surface area contributed by atoms with Gasteiger partial charge in [-0.3, -0.25) is 9.59 Å². The average Bonchev–Trinajstić information content (AvgIpc) is 3.08. The number of amides is 2. The molecule has 0 aliphatic carbocycles. The molecule has 2 amide bonds. The van der Waals surface area contributed by atoms with Gasteiger partial charge in [-0.2, -0.15) is 0 Å². The first kappa shape index (κ1) is 20.4. The van der Waals surface area contributed by atoms with Gasteiger partial charge in [-0.05, 0) is 36.1 Å². The maximum absolute atomic E-state index is 14.1. The minimum Gasteiger partial charge on any atom is -0.366 e. The molecule has 30 heavy (non-hydrogen) atoms. The van der Waals surface area contributed by atoms with E-state index in [9.17, 15) is 14.0 Å². The number of piperazine rings is 1. The quantitative estimate of drug-likeness (QED) is 0.759. The normalized spacial score (nSPS) is 17.5. The van der Waals surface area contributed by atoms with Crippen LogP contribution in [0.4, 0.5) is 10.1 Å². The van der Waals surface area contributed by atoms with Crippen LogP contribution in [0.2, 0.25) is 0 Å². The van der Waals surface area contributed by atoms with Crippen molar-refractivity contribution in [3.8, 4) is 0 Å². The van der Waals surface area contributed by atoms with Gasteiger partial charge in [-0.1, -0.05) is 44.2 Å². The van der Waals surface area contributed by atoms with E-state index in [1.54, 1.807) is 17.0 Å². The first-order valence-electron chi connectivity index (χ1n) is 10.6. The van der Waals surface area contributed by atoms with Crippen molar-refractivity contribution in [3.05, 3.63) is 65.5 Å². The number of carbonyl (C=O) groups excluding carboxylic acids is 2. The fourth-order valence-electron chi connectivity index (χ4n) is 4.42. The van der Waals surface area contributed by atoms with Crippen molar-refractivity contribution < 1.29 is 14.0 Å². The lowest BCUT2D eigenvalue weighted by Crippen LogP contribution is -2.55. The molecule has 0 unspecified atom stereocenters. The van der Waals surface area contributed by atoms with Gasteiger partial charge >= 0.3 is 0 Å². The second-order valence-corrected chi connectivity index (χ2v) is 8.50. The molecule has 1 fully saturated rings. The Kier molecular flexibility index (Phi) is 5.75. The first-order chi connectivity index (χ1) is 14.5. The van der Waals surface area contributed by atoms with Crippen LogP contribution < -0.4 is 4.90 Å². The van der Waals surface area contributed by atoms with Crippen molar-refractivity contribution in [2.24, 2.45) is 5.92 Å². The molecule has 2 aliphatic heterocycles. The van der Waals surface area contributed by atoms with Crippen LogP contribution in [0.5, 0.6) is 0 Å². The molecule has 1 atom stereocenters. The number of nitrogens with zero attached hydrogens (tertiary/aromatic N) is 3. The lowest BCUT2D eigenvalue weighted by Gasteiger charge is -2.39. The number of carbonyl (C=O) groups is 2. The van der Waals surface area contributed by atoms with E-state index in [1.165, 1.54) is 6.07 Å². The molecule has 1 saturated heterocycles. The summed E-state index contributed by atoms with van der Waals surface area (Å²) in [4.78, 5) is 32.0. The third-order valence-electron chi connectivity index (χ3n) is 5.99. The van der Waals surface area contributed by atoms with Crippen molar-refractivity contribution in [1.29, 1.82) is 0 Å². The van der Waals surface area contributed by atoms with E-state index in [-0.39, 0.29) is 23.5 Å². The zero-order valence-corrected chi connectivity index (χ0v) is 17.6. The Balaban J connectivity index is 1.47. The van der Waals surface area contributed by atoms with Crippen LogP contribution >= 0.6 is 0 Å². The number of benzene rings is 2. The predicted octanol–water partition coefficient (Wildman–Crippen LogP) is 3.55. The molecule has 0 N–H and O–H groups in total. The van der Waals surface area contributed by atoms with Crippen LogP contribution in [-0.4, -0.2) is 53.8 Å². The van der Waals surface area contributed by atoms with Crippen LogP contribution in [-0.2, 0) is 11.3 Å². The van der Waals surface area contributed by atoms with Gasteiger partial charge in [0.2, 0.25) is 5.91 Å². The van der Waals surface area contributed by atoms with Crippen LogP contribution in [0.1, 0.15) is 36.2 Å². The molecule has 158 valence electrons. The van der Waals surface area contributed by atoms with Gasteiger partial charge in [0.1, 0.15) is 11.9 Å². The van der Waals surface area contributed by atoms with Gasteiger partial charge < -0.3 is 14.7 Å². The van der Waals surface area contributed by atoms with E-state index in [0.29, 0.717) is 50.4 Å². The van der Waals surface area contributed by atoms with Crippen molar-refractivity contribution in [2.45, 2.75) is 32.9 Å². The van der Waals surface area contributed by atoms with Gasteiger partial charge in [0.05, 0.1) is 5.69 Å². The molecule has 2 heterocycles. The van der Waals surface area contributed by atoms with E-state index in [2.05, 4.69) is 13.8 Å². The summed E-state index contributed by atoms with van der Waals surface area (Å²) >= 11 is 0. The highest BCUT2D eigenvalue weighted by molar-refractivity contribution is 6.01. The minimum absolute atomic E-state index is 0.00182. The Bertz CT molecular complexity index is 938. The fraction of sp³-hybridized carbons (Fsp3) is 0.417. The second-order valence-electron chi connectivity index (χ2n) is 8.50. The highest BCUT2D eigenvalue weighted by Gasteiger charge is 2.39. The summed E-state index contributed by atoms with van der Waals surface area (Å²) < 4.78 is 14.1. The van der Waals surface area contributed by atoms with Gasteiger partial charge in [0.25, 0.3) is 5.91 Å². The molecule has 6 heteroatoms. The Morgan fingerprint density at radius 3 is 2.33 bits per heavy atom. The molecule has 0 spiro atoms. The van der Waals surface area contributed by atoms with Crippen molar-refractivity contribution >= 4 is 17.5 Å². The van der Waals surface area contributed by atoms with Gasteiger partial charge in [-0.15, -0.1) is 0 Å². The molecule has 2 aromatic carbocycles. The number of hydrogen-bond donors (Lipinski definition) is 0. The van der Waals surface area contributed by atoms with E-state index in [0.717, 1.165) is 5.56 Å². The van der Waals surface area contributed by atoms with E-state index < -0.39 is 6.04 Å². The molecular formula is C24H28FN3O2. The number of fused-ring (bicyclic) bond motifs is 1. The number of para-hydroxylation sites is 1. The molecule has 2 aliphatic rings. The number of halogens is 1. The topological polar surface area (TPSA) is 43.9 Å². The third kappa shape index (κ3) is 3.91. The van der Waals surface area contributed by atoms with Crippen molar-refractivity contribution in [2.75, 3.05) is 31.1 Å². The molecule has 0 radical (unpaired) electrons. The summed E-state index contributed by atoms with van der Waals surface area (Å²) in [5.41, 5.74) is 2.25. The zero-order chi connectivity index (χ0) is 21.3. The second kappa shape index (κ2) is 8.46. The first-order valence-corrected chi connectivity index (χ1v) is 10.6. The zero-order valence-electron chi connectivity index (χ0n) is 17.6. The Morgan fingerprint density at radius 2 is 1.67 bits per heavy atom. The van der Waals surface area contributed by atoms with E-state index in [4.69, 9.17) is 0 Å². The molecular weight excluding hydrogens is 381 g/mol. The highest BCUT2D eigenvalue weighted by atomic mass is 19.1. The van der Waals surface area contributed by atoms with Gasteiger partial charge in [-0.25, -0.2) is 4.39 Å². The summed E-state index contributed by atoms with van der Waals surface area (Å²) in [7, 11) is 0. The fourth-order valence-corrected chi connectivity index (χ4v) is 4.42. The highest BCUT2D eigenvalue weighted by Crippen LogP contribution is 2.28. The maximum atomic E-state index is 14.1. The number of hydrogen-bond acceptors (Lipinski definition) is 3. The molecule has 0 aromatic heterocycles. The Morgan fingerprint density at radius 1 is 1.00 bits per heavy atom. The molecule has 4 rings (SSSR count). The summed E-state index contributed by atoms with van der Waals surface area (Å²) in [6, 6.07) is 13.9. The van der Waals surface area contributed by atoms with Crippen LogP contribution in [0.3, 0.4) is 0 Å². The minimum atomic E-state index is -0.468. The van der Waals surface area contributed by atoms with Crippen LogP contribution in [0.25, 0.3) is 0 Å². The van der Waals surface area contributed by atoms with Crippen molar-refractivity contribution in [3.63, 3.8) is 0 Å². The van der Waals surface area contributed by atoms with E-state index in [1.807, 2.05) is 40.1 Å². The lowest BCUT2D eigenvalue weighted by molar-refractivity contribution is -0.137. The van der Waals surface area contributed by atoms with Gasteiger partial charge in [0, 0.05) is 38.3 Å². The van der Waals surface area contributed by atoms with Crippen LogP contribution in [0.15, 0.2) is 48.5 Å². The van der Waals surface area contributed by atoms with Crippen molar-refractivity contribution in [1.82, 2.24) is 9.80 Å². The van der Waals surface area contributed by atoms with E-state index >= 15 is 0 Å². The number of anilines is 1. The summed E-state index contributed by atoms with van der Waals surface area (Å²) in [6.45, 7) is 6.83. The molecule has 2 aromatic rings. The van der Waals surface area contributed by atoms with Gasteiger partial charge in [0.15, 0.2) is 0 Å². The largest absolute Gasteiger partial charge is 0.366 e. The third-order valence-corrected chi connectivity index (χ3v) is 5.99. The summed E-state index contributed by atoms with van der Waals surface area (Å²) in [5, 5.41) is 0.